The summed E-state index contributed by atoms with van der Waals surface area (Å²) in [6.07, 6.45) is 3.57. The molecule has 19 heavy (non-hydrogen) atoms. The molecule has 2 fully saturated rings. The summed E-state index contributed by atoms with van der Waals surface area (Å²) in [4.78, 5) is 4.10. The molecule has 0 amide bonds. The van der Waals surface area contributed by atoms with Gasteiger partial charge in [-0.25, -0.2) is 4.98 Å². The van der Waals surface area contributed by atoms with Crippen molar-refractivity contribution in [1.29, 1.82) is 0 Å². The quantitative estimate of drug-likeness (QED) is 0.675. The number of fused-ring (bicyclic) bond motifs is 2. The first-order chi connectivity index (χ1) is 8.72. The number of hydrogen-bond donors (Lipinski definition) is 3. The molecule has 2 saturated carbocycles. The fourth-order valence-electron chi connectivity index (χ4n) is 4.47. The van der Waals surface area contributed by atoms with Crippen molar-refractivity contribution >= 4 is 5.82 Å². The third-order valence-corrected chi connectivity index (χ3v) is 6.12. The Balaban J connectivity index is 2.11. The second-order valence-electron chi connectivity index (χ2n) is 6.92. The minimum Gasteiger partial charge on any atom is -0.384 e. The average Bonchev–Trinajstić information content (AvgIpc) is 2.61. The van der Waals surface area contributed by atoms with E-state index < -0.39 is 11.2 Å². The molecule has 1 aromatic rings. The molecule has 3 rings (SSSR count). The number of nitrogen functional groups attached to an aromatic ring is 1. The molecule has 0 aliphatic heterocycles. The van der Waals surface area contributed by atoms with Crippen molar-refractivity contribution < 1.29 is 10.2 Å². The summed E-state index contributed by atoms with van der Waals surface area (Å²) >= 11 is 0. The largest absolute Gasteiger partial charge is 0.384 e. The number of aliphatic hydroxyl groups is 2. The van der Waals surface area contributed by atoms with E-state index in [0.29, 0.717) is 5.82 Å². The zero-order valence-corrected chi connectivity index (χ0v) is 11.7. The molecule has 0 saturated heterocycles. The van der Waals surface area contributed by atoms with Crippen molar-refractivity contribution in [2.24, 2.45) is 16.7 Å². The van der Waals surface area contributed by atoms with Crippen LogP contribution in [0.1, 0.15) is 45.1 Å². The number of rotatable bonds is 1. The number of anilines is 1. The minimum absolute atomic E-state index is 0.0947. The molecule has 2 aliphatic carbocycles. The molecule has 1 heterocycles. The maximum atomic E-state index is 10.8. The van der Waals surface area contributed by atoms with Gasteiger partial charge in [0.25, 0.3) is 0 Å². The molecule has 4 nitrogen and oxygen atoms in total. The van der Waals surface area contributed by atoms with Gasteiger partial charge in [-0.15, -0.1) is 0 Å². The Morgan fingerprint density at radius 3 is 2.42 bits per heavy atom. The van der Waals surface area contributed by atoms with Crippen molar-refractivity contribution in [3.05, 3.63) is 23.9 Å². The van der Waals surface area contributed by atoms with Gasteiger partial charge in [0.2, 0.25) is 0 Å². The van der Waals surface area contributed by atoms with Crippen LogP contribution in [0, 0.1) is 16.7 Å². The average molecular weight is 262 g/mol. The lowest BCUT2D eigenvalue weighted by Gasteiger charge is -2.43. The fourth-order valence-corrected chi connectivity index (χ4v) is 4.47. The summed E-state index contributed by atoms with van der Waals surface area (Å²) in [5.74, 6) is -1.25. The molecule has 3 atom stereocenters. The lowest BCUT2D eigenvalue weighted by molar-refractivity contribution is -0.251. The van der Waals surface area contributed by atoms with E-state index in [-0.39, 0.29) is 17.3 Å². The van der Waals surface area contributed by atoms with E-state index in [1.807, 2.05) is 13.0 Å². The smallest absolute Gasteiger partial charge is 0.175 e. The number of hydrogen-bond acceptors (Lipinski definition) is 4. The minimum atomic E-state index is -1.68. The third kappa shape index (κ3) is 1.33. The molecule has 2 bridgehead atoms. The highest BCUT2D eigenvalue weighted by molar-refractivity contribution is 5.36. The highest BCUT2D eigenvalue weighted by Gasteiger charge is 2.73. The summed E-state index contributed by atoms with van der Waals surface area (Å²) in [6.45, 7) is 6.30. The molecule has 0 aromatic carbocycles. The Labute approximate surface area is 113 Å². The zero-order valence-electron chi connectivity index (χ0n) is 11.7. The Morgan fingerprint density at radius 2 is 1.95 bits per heavy atom. The molecular formula is C15H22N2O2. The van der Waals surface area contributed by atoms with Crippen molar-refractivity contribution in [3.8, 4) is 0 Å². The van der Waals surface area contributed by atoms with Gasteiger partial charge in [0, 0.05) is 17.5 Å². The van der Waals surface area contributed by atoms with E-state index in [2.05, 4.69) is 18.8 Å². The molecule has 4 N–H and O–H groups in total. The van der Waals surface area contributed by atoms with E-state index in [4.69, 9.17) is 5.73 Å². The summed E-state index contributed by atoms with van der Waals surface area (Å²) in [5.41, 5.74) is 5.92. The topological polar surface area (TPSA) is 79.4 Å². The molecule has 0 spiro atoms. The van der Waals surface area contributed by atoms with Crippen LogP contribution in [-0.4, -0.2) is 21.0 Å². The molecule has 4 heteroatoms. The van der Waals surface area contributed by atoms with Crippen molar-refractivity contribution in [2.45, 2.75) is 45.3 Å². The number of nitrogens with two attached hydrogens (primary N) is 1. The van der Waals surface area contributed by atoms with Gasteiger partial charge < -0.3 is 15.9 Å². The first-order valence-corrected chi connectivity index (χ1v) is 6.88. The van der Waals surface area contributed by atoms with Crippen molar-refractivity contribution in [2.75, 3.05) is 5.73 Å². The van der Waals surface area contributed by atoms with Crippen LogP contribution in [0.25, 0.3) is 0 Å². The van der Waals surface area contributed by atoms with Crippen LogP contribution in [0.15, 0.2) is 18.3 Å². The monoisotopic (exact) mass is 262 g/mol. The molecule has 104 valence electrons. The number of nitrogens with zero attached hydrogens (tertiary/aromatic N) is 1. The normalized spacial score (nSPS) is 38.6. The molecule has 1 aromatic heterocycles. The van der Waals surface area contributed by atoms with Gasteiger partial charge >= 0.3 is 0 Å². The van der Waals surface area contributed by atoms with Crippen LogP contribution in [0.2, 0.25) is 0 Å². The lowest BCUT2D eigenvalue weighted by atomic mass is 9.68. The van der Waals surface area contributed by atoms with Gasteiger partial charge in [0.1, 0.15) is 5.82 Å². The highest BCUT2D eigenvalue weighted by atomic mass is 16.5. The van der Waals surface area contributed by atoms with Crippen LogP contribution < -0.4 is 5.73 Å². The second kappa shape index (κ2) is 3.49. The molecule has 2 aliphatic rings. The summed E-state index contributed by atoms with van der Waals surface area (Å²) in [6, 6.07) is 3.60. The van der Waals surface area contributed by atoms with E-state index in [9.17, 15) is 10.2 Å². The maximum absolute atomic E-state index is 10.8. The third-order valence-electron chi connectivity index (χ3n) is 6.12. The van der Waals surface area contributed by atoms with Gasteiger partial charge in [-0.2, -0.15) is 0 Å². The second-order valence-corrected chi connectivity index (χ2v) is 6.92. The first-order valence-electron chi connectivity index (χ1n) is 6.88. The Hall–Kier alpha value is -1.13. The predicted octanol–water partition coefficient (Wildman–Crippen LogP) is 1.88. The first kappa shape index (κ1) is 12.9. The van der Waals surface area contributed by atoms with Crippen LogP contribution in [0.5, 0.6) is 0 Å². The molecular weight excluding hydrogens is 240 g/mol. The summed E-state index contributed by atoms with van der Waals surface area (Å²) in [5, 5.41) is 21.5. The Morgan fingerprint density at radius 1 is 1.26 bits per heavy atom. The van der Waals surface area contributed by atoms with Gasteiger partial charge in [0.05, 0.1) is 0 Å². The molecule has 0 radical (unpaired) electrons. The van der Waals surface area contributed by atoms with Crippen molar-refractivity contribution in [1.82, 2.24) is 4.98 Å². The predicted molar refractivity (Wildman–Crippen MR) is 73.2 cm³/mol. The van der Waals surface area contributed by atoms with Crippen LogP contribution >= 0.6 is 0 Å². The molecule has 3 unspecified atom stereocenters. The Bertz CT molecular complexity index is 509. The van der Waals surface area contributed by atoms with Crippen LogP contribution in [0.3, 0.4) is 0 Å². The Kier molecular flexibility index (Phi) is 2.37. The highest BCUT2D eigenvalue weighted by Crippen LogP contribution is 2.73. The van der Waals surface area contributed by atoms with Crippen LogP contribution in [0.4, 0.5) is 5.82 Å². The summed E-state index contributed by atoms with van der Waals surface area (Å²) in [7, 11) is 0. The fraction of sp³-hybridized carbons (Fsp3) is 0.667. The van der Waals surface area contributed by atoms with Gasteiger partial charge in [-0.1, -0.05) is 26.8 Å². The zero-order chi connectivity index (χ0) is 14.1. The summed E-state index contributed by atoms with van der Waals surface area (Å²) < 4.78 is 0. The van der Waals surface area contributed by atoms with E-state index in [1.54, 1.807) is 12.3 Å². The van der Waals surface area contributed by atoms with Crippen molar-refractivity contribution in [3.63, 3.8) is 0 Å². The van der Waals surface area contributed by atoms with E-state index >= 15 is 0 Å². The van der Waals surface area contributed by atoms with Gasteiger partial charge in [-0.05, 0) is 35.8 Å². The SMILES string of the molecule is CC1(C)C2CCC1(C)C(O)(O)C2c1ccc(N)nc1. The van der Waals surface area contributed by atoms with E-state index in [1.165, 1.54) is 0 Å². The van der Waals surface area contributed by atoms with Gasteiger partial charge in [0.15, 0.2) is 5.79 Å². The number of pyridine rings is 1. The number of aromatic nitrogens is 1. The van der Waals surface area contributed by atoms with Crippen LogP contribution in [-0.2, 0) is 0 Å². The van der Waals surface area contributed by atoms with Gasteiger partial charge in [-0.3, -0.25) is 0 Å². The standard InChI is InChI=1S/C15H22N2O2/c1-13(2)10-6-7-14(13,3)15(18,19)12(10)9-4-5-11(16)17-8-9/h4-5,8,10,12,18-19H,6-7H2,1-3H3,(H2,16,17). The maximum Gasteiger partial charge on any atom is 0.175 e. The lowest BCUT2D eigenvalue weighted by Crippen LogP contribution is -2.50. The van der Waals surface area contributed by atoms with E-state index in [0.717, 1.165) is 18.4 Å².